The number of aromatic nitrogens is 2. The Bertz CT molecular complexity index is 626. The molecular formula is C16H22ClN5O2. The van der Waals surface area contributed by atoms with Crippen LogP contribution in [0.15, 0.2) is 12.4 Å². The second-order valence-electron chi connectivity index (χ2n) is 6.52. The molecule has 2 unspecified atom stereocenters. The second kappa shape index (κ2) is 7.34. The zero-order valence-corrected chi connectivity index (χ0v) is 14.5. The van der Waals surface area contributed by atoms with Gasteiger partial charge < -0.3 is 15.1 Å². The molecule has 0 spiro atoms. The summed E-state index contributed by atoms with van der Waals surface area (Å²) in [5.74, 6) is 0.159. The Kier molecular flexibility index (Phi) is 5.18. The van der Waals surface area contributed by atoms with Gasteiger partial charge in [-0.25, -0.2) is 9.78 Å². The van der Waals surface area contributed by atoms with Crippen molar-refractivity contribution in [2.45, 2.75) is 38.3 Å². The Balaban J connectivity index is 1.50. The molecule has 1 aromatic heterocycles. The molecule has 3 amide bonds. The molecule has 3 heterocycles. The molecule has 2 saturated heterocycles. The number of piperidine rings is 1. The van der Waals surface area contributed by atoms with E-state index in [9.17, 15) is 9.59 Å². The lowest BCUT2D eigenvalue weighted by Crippen LogP contribution is -2.56. The summed E-state index contributed by atoms with van der Waals surface area (Å²) in [6, 6.07) is 0.425. The molecule has 0 aliphatic carbocycles. The largest absolute Gasteiger partial charge is 0.350 e. The number of carbonyl (C=O) groups excluding carboxylic acids is 2. The predicted molar refractivity (Wildman–Crippen MR) is 89.4 cm³/mol. The van der Waals surface area contributed by atoms with Crippen molar-refractivity contribution in [3.05, 3.63) is 23.2 Å². The minimum Gasteiger partial charge on any atom is -0.350 e. The first-order valence-corrected chi connectivity index (χ1v) is 8.66. The average molecular weight is 352 g/mol. The number of fused-ring (bicyclic) bond motifs is 1. The fraction of sp³-hybridized carbons (Fsp3) is 0.625. The van der Waals surface area contributed by atoms with Crippen molar-refractivity contribution in [3.63, 3.8) is 0 Å². The van der Waals surface area contributed by atoms with Crippen LogP contribution in [0.1, 0.15) is 31.4 Å². The highest BCUT2D eigenvalue weighted by Gasteiger charge is 2.36. The molecule has 130 valence electrons. The van der Waals surface area contributed by atoms with Crippen molar-refractivity contribution in [2.24, 2.45) is 5.92 Å². The van der Waals surface area contributed by atoms with Crippen LogP contribution in [-0.2, 0) is 11.3 Å². The molecule has 0 bridgehead atoms. The Morgan fingerprint density at radius 2 is 2.12 bits per heavy atom. The van der Waals surface area contributed by atoms with E-state index in [-0.39, 0.29) is 24.4 Å². The molecule has 2 fully saturated rings. The molecule has 2 aliphatic rings. The van der Waals surface area contributed by atoms with Gasteiger partial charge in [0.2, 0.25) is 5.91 Å². The van der Waals surface area contributed by atoms with Crippen LogP contribution >= 0.6 is 11.6 Å². The number of halogens is 1. The van der Waals surface area contributed by atoms with E-state index < -0.39 is 0 Å². The van der Waals surface area contributed by atoms with Gasteiger partial charge in [-0.2, -0.15) is 0 Å². The maximum Gasteiger partial charge on any atom is 0.320 e. The van der Waals surface area contributed by atoms with Gasteiger partial charge in [-0.3, -0.25) is 9.78 Å². The molecule has 0 saturated carbocycles. The maximum atomic E-state index is 12.3. The van der Waals surface area contributed by atoms with Gasteiger partial charge in [0.05, 0.1) is 12.2 Å². The minimum absolute atomic E-state index is 0.0435. The van der Waals surface area contributed by atoms with Crippen LogP contribution in [0.4, 0.5) is 4.79 Å². The van der Waals surface area contributed by atoms with E-state index in [0.717, 1.165) is 25.8 Å². The number of rotatable bonds is 4. The summed E-state index contributed by atoms with van der Waals surface area (Å²) in [6.45, 7) is 1.75. The first kappa shape index (κ1) is 17.0. The fourth-order valence-corrected chi connectivity index (χ4v) is 3.62. The Hall–Kier alpha value is -1.89. The van der Waals surface area contributed by atoms with E-state index in [2.05, 4.69) is 15.3 Å². The zero-order chi connectivity index (χ0) is 17.1. The number of hydrogen-bond donors (Lipinski definition) is 1. The van der Waals surface area contributed by atoms with Crippen LogP contribution in [0, 0.1) is 5.92 Å². The highest BCUT2D eigenvalue weighted by molar-refractivity contribution is 6.29. The smallest absolute Gasteiger partial charge is 0.320 e. The van der Waals surface area contributed by atoms with Gasteiger partial charge in [0.1, 0.15) is 0 Å². The predicted octanol–water partition coefficient (Wildman–Crippen LogP) is 1.67. The highest BCUT2D eigenvalue weighted by Crippen LogP contribution is 2.29. The van der Waals surface area contributed by atoms with Crippen LogP contribution in [0.3, 0.4) is 0 Å². The Labute approximate surface area is 146 Å². The molecule has 3 rings (SSSR count). The quantitative estimate of drug-likeness (QED) is 0.895. The molecule has 0 aromatic carbocycles. The van der Waals surface area contributed by atoms with Gasteiger partial charge in [0.15, 0.2) is 5.15 Å². The number of amides is 3. The van der Waals surface area contributed by atoms with Crippen molar-refractivity contribution in [1.29, 1.82) is 0 Å². The maximum absolute atomic E-state index is 12.3. The van der Waals surface area contributed by atoms with E-state index in [0.29, 0.717) is 29.9 Å². The van der Waals surface area contributed by atoms with Crippen molar-refractivity contribution in [3.8, 4) is 0 Å². The number of nitrogens with zero attached hydrogens (tertiary/aromatic N) is 4. The first-order chi connectivity index (χ1) is 11.5. The number of carbonyl (C=O) groups is 2. The molecule has 7 nitrogen and oxygen atoms in total. The summed E-state index contributed by atoms with van der Waals surface area (Å²) in [6.07, 6.45) is 6.46. The summed E-state index contributed by atoms with van der Waals surface area (Å²) >= 11 is 5.93. The van der Waals surface area contributed by atoms with Crippen molar-refractivity contribution < 1.29 is 9.59 Å². The zero-order valence-electron chi connectivity index (χ0n) is 13.7. The third-order valence-electron chi connectivity index (χ3n) is 4.82. The van der Waals surface area contributed by atoms with Gasteiger partial charge >= 0.3 is 6.03 Å². The number of hydrogen-bond acceptors (Lipinski definition) is 4. The van der Waals surface area contributed by atoms with Crippen molar-refractivity contribution in [2.75, 3.05) is 20.1 Å². The Morgan fingerprint density at radius 1 is 1.33 bits per heavy atom. The lowest BCUT2D eigenvalue weighted by molar-refractivity contribution is -0.122. The molecule has 1 N–H and O–H groups in total. The molecule has 2 aliphatic heterocycles. The van der Waals surface area contributed by atoms with Crippen molar-refractivity contribution >= 4 is 23.5 Å². The Morgan fingerprint density at radius 3 is 2.92 bits per heavy atom. The minimum atomic E-state index is -0.0435. The average Bonchev–Trinajstić information content (AvgIpc) is 2.58. The van der Waals surface area contributed by atoms with Gasteiger partial charge in [-0.05, 0) is 25.2 Å². The van der Waals surface area contributed by atoms with E-state index in [1.165, 1.54) is 6.20 Å². The van der Waals surface area contributed by atoms with Crippen molar-refractivity contribution in [1.82, 2.24) is 25.1 Å². The van der Waals surface area contributed by atoms with E-state index in [1.54, 1.807) is 11.1 Å². The second-order valence-corrected chi connectivity index (χ2v) is 6.88. The normalized spacial score (nSPS) is 23.8. The lowest BCUT2D eigenvalue weighted by atomic mass is 9.88. The monoisotopic (exact) mass is 351 g/mol. The fourth-order valence-electron chi connectivity index (χ4n) is 3.45. The van der Waals surface area contributed by atoms with E-state index in [1.807, 2.05) is 11.9 Å². The topological polar surface area (TPSA) is 78.4 Å². The highest BCUT2D eigenvalue weighted by atomic mass is 35.5. The summed E-state index contributed by atoms with van der Waals surface area (Å²) in [4.78, 5) is 36.2. The van der Waals surface area contributed by atoms with Crippen LogP contribution < -0.4 is 5.32 Å². The standard InChI is InChI=1S/C16H22ClN5O2/c1-21-7-4-12-3-2-11(10-22(12)16(21)24)8-14(23)20-9-13-15(17)19-6-5-18-13/h5-6,11-12H,2-4,7-10H2,1H3,(H,20,23). The van der Waals surface area contributed by atoms with Crippen LogP contribution in [-0.4, -0.2) is 57.9 Å². The summed E-state index contributed by atoms with van der Waals surface area (Å²) in [7, 11) is 1.83. The molecule has 24 heavy (non-hydrogen) atoms. The molecular weight excluding hydrogens is 330 g/mol. The van der Waals surface area contributed by atoms with Gasteiger partial charge in [-0.15, -0.1) is 0 Å². The molecule has 2 atom stereocenters. The van der Waals surface area contributed by atoms with E-state index in [4.69, 9.17) is 11.6 Å². The van der Waals surface area contributed by atoms with E-state index >= 15 is 0 Å². The third-order valence-corrected chi connectivity index (χ3v) is 5.14. The van der Waals surface area contributed by atoms with Crippen LogP contribution in [0.25, 0.3) is 0 Å². The first-order valence-electron chi connectivity index (χ1n) is 8.28. The van der Waals surface area contributed by atoms with Crippen LogP contribution in [0.5, 0.6) is 0 Å². The SMILES string of the molecule is CN1CCC2CCC(CC(=O)NCc3nccnc3Cl)CN2C1=O. The molecule has 0 radical (unpaired) electrons. The lowest BCUT2D eigenvalue weighted by Gasteiger charge is -2.45. The number of urea groups is 1. The summed E-state index contributed by atoms with van der Waals surface area (Å²) in [5, 5.41) is 3.15. The van der Waals surface area contributed by atoms with Crippen LogP contribution in [0.2, 0.25) is 5.15 Å². The summed E-state index contributed by atoms with van der Waals surface area (Å²) in [5.41, 5.74) is 0.559. The van der Waals surface area contributed by atoms with Gasteiger partial charge in [0.25, 0.3) is 0 Å². The van der Waals surface area contributed by atoms with Gasteiger partial charge in [-0.1, -0.05) is 11.6 Å². The number of nitrogens with one attached hydrogen (secondary N) is 1. The summed E-state index contributed by atoms with van der Waals surface area (Å²) < 4.78 is 0. The molecule has 8 heteroatoms. The van der Waals surface area contributed by atoms with Gasteiger partial charge in [0, 0.05) is 45.0 Å². The third kappa shape index (κ3) is 3.77. The molecule has 1 aromatic rings.